The molecule has 156 valence electrons. The van der Waals surface area contributed by atoms with Crippen molar-refractivity contribution < 1.29 is 24.8 Å². The van der Waals surface area contributed by atoms with Crippen LogP contribution < -0.4 is 9.47 Å². The van der Waals surface area contributed by atoms with E-state index in [0.29, 0.717) is 33.6 Å². The first kappa shape index (κ1) is 18.5. The average Bonchev–Trinajstić information content (AvgIpc) is 3.35. The minimum absolute atomic E-state index is 0.137. The molecule has 5 aromatic rings. The van der Waals surface area contributed by atoms with E-state index in [4.69, 9.17) is 9.47 Å². The molecule has 0 aliphatic rings. The van der Waals surface area contributed by atoms with Crippen LogP contribution in [0.2, 0.25) is 0 Å². The maximum Gasteiger partial charge on any atom is 0.178 e. The predicted octanol–water partition coefficient (Wildman–Crippen LogP) is 2.29. The summed E-state index contributed by atoms with van der Waals surface area (Å²) in [5.41, 5.74) is 1.74. The number of nitrogens with zero attached hydrogens (tertiary/aromatic N) is 6. The van der Waals surface area contributed by atoms with Crippen LogP contribution in [0, 0.1) is 0 Å². The first-order valence-corrected chi connectivity index (χ1v) is 9.09. The third kappa shape index (κ3) is 2.90. The lowest BCUT2D eigenvalue weighted by molar-refractivity contribution is 0.412. The van der Waals surface area contributed by atoms with E-state index in [0.717, 1.165) is 15.7 Å². The van der Waals surface area contributed by atoms with Crippen LogP contribution in [0.1, 0.15) is 0 Å². The van der Waals surface area contributed by atoms with E-state index in [2.05, 4.69) is 20.4 Å². The van der Waals surface area contributed by atoms with E-state index >= 15 is 0 Å². The lowest BCUT2D eigenvalue weighted by atomic mass is 10.2. The van der Waals surface area contributed by atoms with Gasteiger partial charge in [0.05, 0.1) is 14.2 Å². The van der Waals surface area contributed by atoms with Crippen LogP contribution in [0.4, 0.5) is 0 Å². The summed E-state index contributed by atoms with van der Waals surface area (Å²) in [4.78, 5) is 2.15. The molecule has 2 heterocycles. The van der Waals surface area contributed by atoms with Crippen molar-refractivity contribution in [3.8, 4) is 40.1 Å². The molecule has 11 heteroatoms. The summed E-state index contributed by atoms with van der Waals surface area (Å²) >= 11 is 0. The quantitative estimate of drug-likeness (QED) is 0.399. The molecule has 2 aromatic heterocycles. The highest BCUT2D eigenvalue weighted by molar-refractivity contribution is 5.78. The molecule has 0 fully saturated rings. The number of hydrogen-bond acceptors (Lipinski definition) is 9. The molecule has 31 heavy (non-hydrogen) atoms. The van der Waals surface area contributed by atoms with Crippen LogP contribution in [0.25, 0.3) is 33.4 Å². The van der Waals surface area contributed by atoms with Crippen LogP contribution >= 0.6 is 0 Å². The largest absolute Gasteiger partial charge is 0.505 e. The van der Waals surface area contributed by atoms with Gasteiger partial charge in [-0.1, -0.05) is 0 Å². The van der Waals surface area contributed by atoms with Crippen molar-refractivity contribution in [3.05, 3.63) is 42.5 Å². The van der Waals surface area contributed by atoms with Crippen molar-refractivity contribution in [2.45, 2.75) is 0 Å². The van der Waals surface area contributed by atoms with Gasteiger partial charge in [-0.3, -0.25) is 0 Å². The van der Waals surface area contributed by atoms with E-state index in [-0.39, 0.29) is 11.4 Å². The number of phenolic OH excluding ortho intramolecular Hbond substituents is 3. The third-order valence-corrected chi connectivity index (χ3v) is 4.78. The number of methoxy groups -OCH3 is 2. The number of hydrogen-bond donors (Lipinski definition) is 3. The topological polar surface area (TPSA) is 141 Å². The fourth-order valence-corrected chi connectivity index (χ4v) is 3.26. The first-order chi connectivity index (χ1) is 15.0. The highest BCUT2D eigenvalue weighted by Gasteiger charge is 2.24. The van der Waals surface area contributed by atoms with Gasteiger partial charge < -0.3 is 24.8 Å². The molecule has 0 atom stereocenters. The number of rotatable bonds is 4. The van der Waals surface area contributed by atoms with Crippen LogP contribution in [-0.2, 0) is 0 Å². The zero-order valence-corrected chi connectivity index (χ0v) is 16.4. The van der Waals surface area contributed by atoms with Crippen LogP contribution in [0.15, 0.2) is 42.5 Å². The fraction of sp³-hybridized carbons (Fsp3) is 0.100. The second-order valence-electron chi connectivity index (χ2n) is 6.65. The molecule has 3 aromatic carbocycles. The molecule has 0 saturated heterocycles. The number of fused-ring (bicyclic) bond motifs is 2. The Kier molecular flexibility index (Phi) is 4.03. The van der Waals surface area contributed by atoms with Gasteiger partial charge in [-0.2, -0.15) is 0 Å². The third-order valence-electron chi connectivity index (χ3n) is 4.78. The number of aromatic nitrogens is 6. The second-order valence-corrected chi connectivity index (χ2v) is 6.65. The Morgan fingerprint density at radius 3 is 1.45 bits per heavy atom. The molecular weight excluding hydrogens is 404 g/mol. The summed E-state index contributed by atoms with van der Waals surface area (Å²) in [6.07, 6.45) is 0. The number of aromatic hydroxyl groups is 3. The second kappa shape index (κ2) is 6.76. The van der Waals surface area contributed by atoms with E-state index in [1.54, 1.807) is 36.4 Å². The van der Waals surface area contributed by atoms with Gasteiger partial charge in [-0.05, 0) is 24.3 Å². The molecular formula is C20H16N6O5. The maximum absolute atomic E-state index is 10.9. The van der Waals surface area contributed by atoms with E-state index in [9.17, 15) is 15.3 Å². The van der Waals surface area contributed by atoms with E-state index < -0.39 is 17.2 Å². The van der Waals surface area contributed by atoms with Gasteiger partial charge in [0.1, 0.15) is 33.6 Å². The highest BCUT2D eigenvalue weighted by Crippen LogP contribution is 2.42. The number of ether oxygens (including phenoxy) is 2. The van der Waals surface area contributed by atoms with Crippen LogP contribution in [-0.4, -0.2) is 59.5 Å². The first-order valence-electron chi connectivity index (χ1n) is 9.09. The van der Waals surface area contributed by atoms with Gasteiger partial charge in [0.15, 0.2) is 28.6 Å². The number of benzene rings is 3. The summed E-state index contributed by atoms with van der Waals surface area (Å²) in [7, 11) is 3.07. The Labute approximate surface area is 174 Å². The Balaban J connectivity index is 1.70. The van der Waals surface area contributed by atoms with Gasteiger partial charge in [0.2, 0.25) is 0 Å². The summed E-state index contributed by atoms with van der Waals surface area (Å²) in [5.74, 6) is -0.185. The molecule has 0 radical (unpaired) electrons. The van der Waals surface area contributed by atoms with Crippen molar-refractivity contribution >= 4 is 22.1 Å². The molecule has 0 saturated carbocycles. The Hall–Kier alpha value is -4.54. The fourth-order valence-electron chi connectivity index (χ4n) is 3.26. The average molecular weight is 420 g/mol. The maximum atomic E-state index is 10.9. The molecule has 11 nitrogen and oxygen atoms in total. The molecule has 0 unspecified atom stereocenters. The summed E-state index contributed by atoms with van der Waals surface area (Å²) in [5, 5.41) is 49.0. The monoisotopic (exact) mass is 420 g/mol. The predicted molar refractivity (Wildman–Crippen MR) is 109 cm³/mol. The molecule has 5 rings (SSSR count). The normalized spacial score (nSPS) is 11.3. The van der Waals surface area contributed by atoms with Crippen molar-refractivity contribution in [3.63, 3.8) is 0 Å². The highest BCUT2D eigenvalue weighted by atomic mass is 16.5. The van der Waals surface area contributed by atoms with Crippen LogP contribution in [0.3, 0.4) is 0 Å². The summed E-state index contributed by atoms with van der Waals surface area (Å²) < 4.78 is 10.4. The van der Waals surface area contributed by atoms with Gasteiger partial charge in [0, 0.05) is 18.2 Å². The standard InChI is InChI=1S/C20H16N6O5/c1-30-10-3-5-12-14(7-10)23-25(21-12)18-16(27)9-17(28)19(20(18)29)26-22-13-6-4-11(31-2)8-15(13)24-26/h3-9,27-29H,1-2H3. The van der Waals surface area contributed by atoms with Gasteiger partial charge >= 0.3 is 0 Å². The Morgan fingerprint density at radius 2 is 1.03 bits per heavy atom. The summed E-state index contributed by atoms with van der Waals surface area (Å²) in [6, 6.07) is 11.2. The SMILES string of the molecule is COc1ccc2nn(-c3c(O)cc(O)c(-n4nc5ccc(OC)cc5n4)c3O)nc2c1. The van der Waals surface area contributed by atoms with Crippen LogP contribution in [0.5, 0.6) is 28.7 Å². The molecule has 0 spiro atoms. The summed E-state index contributed by atoms with van der Waals surface area (Å²) in [6.45, 7) is 0. The smallest absolute Gasteiger partial charge is 0.178 e. The minimum Gasteiger partial charge on any atom is -0.505 e. The van der Waals surface area contributed by atoms with Gasteiger partial charge in [-0.25, -0.2) is 0 Å². The molecule has 0 aliphatic heterocycles. The van der Waals surface area contributed by atoms with Crippen molar-refractivity contribution in [2.75, 3.05) is 14.2 Å². The lowest BCUT2D eigenvalue weighted by Crippen LogP contribution is -2.05. The number of phenols is 3. The molecule has 0 bridgehead atoms. The van der Waals surface area contributed by atoms with Gasteiger partial charge in [0.25, 0.3) is 0 Å². The minimum atomic E-state index is -0.503. The molecule has 3 N–H and O–H groups in total. The van der Waals surface area contributed by atoms with Crippen molar-refractivity contribution in [1.82, 2.24) is 30.0 Å². The van der Waals surface area contributed by atoms with Crippen molar-refractivity contribution in [2.24, 2.45) is 0 Å². The Bertz CT molecular complexity index is 1350. The molecule has 0 amide bonds. The zero-order valence-electron chi connectivity index (χ0n) is 16.4. The van der Waals surface area contributed by atoms with E-state index in [1.165, 1.54) is 14.2 Å². The van der Waals surface area contributed by atoms with E-state index in [1.807, 2.05) is 0 Å². The van der Waals surface area contributed by atoms with Crippen molar-refractivity contribution in [1.29, 1.82) is 0 Å². The zero-order chi connectivity index (χ0) is 21.7. The van der Waals surface area contributed by atoms with Gasteiger partial charge in [-0.15, -0.1) is 30.0 Å². The molecule has 0 aliphatic carbocycles. The lowest BCUT2D eigenvalue weighted by Gasteiger charge is -2.11. The Morgan fingerprint density at radius 1 is 0.613 bits per heavy atom.